The highest BCUT2D eigenvalue weighted by Crippen LogP contribution is 2.65. The molecule has 0 saturated heterocycles. The highest BCUT2D eigenvalue weighted by Gasteiger charge is 2.61. The van der Waals surface area contributed by atoms with Crippen LogP contribution in [0.3, 0.4) is 0 Å². The van der Waals surface area contributed by atoms with Crippen molar-refractivity contribution in [2.45, 2.75) is 46.1 Å². The number of hydrogen-bond acceptors (Lipinski definition) is 2. The van der Waals surface area contributed by atoms with Crippen molar-refractivity contribution in [3.05, 3.63) is 46.2 Å². The second-order valence-corrected chi connectivity index (χ2v) is 8.23. The highest BCUT2D eigenvalue weighted by molar-refractivity contribution is 6.06. The Labute approximate surface area is 141 Å². The van der Waals surface area contributed by atoms with Crippen LogP contribution >= 0.6 is 0 Å². The van der Waals surface area contributed by atoms with Crippen LogP contribution in [0, 0.1) is 16.7 Å². The van der Waals surface area contributed by atoms with Crippen LogP contribution in [0.2, 0.25) is 0 Å². The SMILES string of the molecule is CC1(C)C2CCC1(C)C(NC(=O)c1cc(=O)[nH]c3ccccc13)C2. The molecule has 2 aromatic rings. The van der Waals surface area contributed by atoms with Crippen LogP contribution in [0.5, 0.6) is 0 Å². The third-order valence-corrected chi connectivity index (χ3v) is 7.09. The minimum atomic E-state index is -0.238. The summed E-state index contributed by atoms with van der Waals surface area (Å²) in [6, 6.07) is 9.05. The summed E-state index contributed by atoms with van der Waals surface area (Å²) in [6.07, 6.45) is 3.45. The predicted molar refractivity (Wildman–Crippen MR) is 95.1 cm³/mol. The van der Waals surface area contributed by atoms with E-state index in [1.165, 1.54) is 12.5 Å². The lowest BCUT2D eigenvalue weighted by molar-refractivity contribution is 0.0827. The first-order valence-corrected chi connectivity index (χ1v) is 8.76. The standard InChI is InChI=1S/C20H24N2O2/c1-19(2)12-8-9-20(19,3)16(10-12)22-18(24)14-11-17(23)21-15-7-5-4-6-13(14)15/h4-7,11-12,16H,8-10H2,1-3H3,(H,21,23)(H,22,24). The molecule has 4 heteroatoms. The highest BCUT2D eigenvalue weighted by atomic mass is 16.2. The van der Waals surface area contributed by atoms with Crippen molar-refractivity contribution in [3.8, 4) is 0 Å². The van der Waals surface area contributed by atoms with Gasteiger partial charge in [0.25, 0.3) is 5.91 Å². The van der Waals surface area contributed by atoms with Gasteiger partial charge in [-0.25, -0.2) is 0 Å². The molecule has 0 spiro atoms. The summed E-state index contributed by atoms with van der Waals surface area (Å²) in [7, 11) is 0. The van der Waals surface area contributed by atoms with Crippen molar-refractivity contribution in [1.82, 2.24) is 10.3 Å². The van der Waals surface area contributed by atoms with Crippen LogP contribution < -0.4 is 10.9 Å². The maximum atomic E-state index is 12.9. The predicted octanol–water partition coefficient (Wildman–Crippen LogP) is 3.47. The minimum Gasteiger partial charge on any atom is -0.349 e. The smallest absolute Gasteiger partial charge is 0.252 e. The number of hydrogen-bond donors (Lipinski definition) is 2. The Morgan fingerprint density at radius 1 is 1.25 bits per heavy atom. The number of benzene rings is 1. The maximum absolute atomic E-state index is 12.9. The van der Waals surface area contributed by atoms with Crippen LogP contribution in [0.25, 0.3) is 10.9 Å². The van der Waals surface area contributed by atoms with Crippen LogP contribution in [0.4, 0.5) is 0 Å². The van der Waals surface area contributed by atoms with Crippen molar-refractivity contribution in [2.24, 2.45) is 16.7 Å². The third kappa shape index (κ3) is 1.98. The van der Waals surface area contributed by atoms with E-state index in [2.05, 4.69) is 31.1 Å². The molecule has 0 aliphatic heterocycles. The number of pyridine rings is 1. The van der Waals surface area contributed by atoms with E-state index in [-0.39, 0.29) is 28.3 Å². The normalized spacial score (nSPS) is 30.6. The quantitative estimate of drug-likeness (QED) is 0.888. The molecule has 3 unspecified atom stereocenters. The summed E-state index contributed by atoms with van der Waals surface area (Å²) in [5, 5.41) is 4.04. The zero-order chi connectivity index (χ0) is 17.1. The zero-order valence-corrected chi connectivity index (χ0v) is 14.5. The number of rotatable bonds is 2. The van der Waals surface area contributed by atoms with Gasteiger partial charge in [0.15, 0.2) is 0 Å². The van der Waals surface area contributed by atoms with Crippen molar-refractivity contribution < 1.29 is 4.79 Å². The van der Waals surface area contributed by atoms with E-state index in [4.69, 9.17) is 0 Å². The Hall–Kier alpha value is -2.10. The van der Waals surface area contributed by atoms with Gasteiger partial charge >= 0.3 is 0 Å². The molecule has 4 rings (SSSR count). The van der Waals surface area contributed by atoms with Gasteiger partial charge in [-0.1, -0.05) is 39.0 Å². The number of para-hydroxylation sites is 1. The van der Waals surface area contributed by atoms with E-state index in [1.54, 1.807) is 0 Å². The largest absolute Gasteiger partial charge is 0.349 e. The number of fused-ring (bicyclic) bond motifs is 3. The Bertz CT molecular complexity index is 883. The Morgan fingerprint density at radius 2 is 2.00 bits per heavy atom. The van der Waals surface area contributed by atoms with Crippen LogP contribution in [-0.2, 0) is 0 Å². The first-order valence-electron chi connectivity index (χ1n) is 8.76. The minimum absolute atomic E-state index is 0.129. The number of aromatic amines is 1. The summed E-state index contributed by atoms with van der Waals surface area (Å²) < 4.78 is 0. The number of carbonyl (C=O) groups is 1. The second kappa shape index (κ2) is 4.95. The van der Waals surface area contributed by atoms with Gasteiger partial charge in [-0.3, -0.25) is 9.59 Å². The van der Waals surface area contributed by atoms with E-state index >= 15 is 0 Å². The molecule has 126 valence electrons. The molecule has 2 saturated carbocycles. The molecule has 2 fully saturated rings. The lowest BCUT2D eigenvalue weighted by Gasteiger charge is -2.39. The number of H-pyrrole nitrogens is 1. The van der Waals surface area contributed by atoms with E-state index in [1.807, 2.05) is 24.3 Å². The van der Waals surface area contributed by atoms with Crippen molar-refractivity contribution in [1.29, 1.82) is 0 Å². The molecule has 2 N–H and O–H groups in total. The van der Waals surface area contributed by atoms with Gasteiger partial charge in [-0.15, -0.1) is 0 Å². The summed E-state index contributed by atoms with van der Waals surface area (Å²) in [6.45, 7) is 6.97. The molecule has 3 atom stereocenters. The lowest BCUT2D eigenvalue weighted by Crippen LogP contribution is -2.47. The van der Waals surface area contributed by atoms with Crippen LogP contribution in [0.1, 0.15) is 50.4 Å². The number of carbonyl (C=O) groups excluding carboxylic acids is 1. The summed E-state index contributed by atoms with van der Waals surface area (Å²) in [4.78, 5) is 27.6. The number of amides is 1. The summed E-state index contributed by atoms with van der Waals surface area (Å²) >= 11 is 0. The Balaban J connectivity index is 1.68. The third-order valence-electron chi connectivity index (χ3n) is 7.09. The number of nitrogens with one attached hydrogen (secondary N) is 2. The van der Waals surface area contributed by atoms with Gasteiger partial charge in [0.2, 0.25) is 5.56 Å². The zero-order valence-electron chi connectivity index (χ0n) is 14.5. The van der Waals surface area contributed by atoms with Crippen molar-refractivity contribution in [2.75, 3.05) is 0 Å². The number of aromatic nitrogens is 1. The molecule has 1 aromatic carbocycles. The van der Waals surface area contributed by atoms with E-state index in [0.717, 1.165) is 18.2 Å². The van der Waals surface area contributed by atoms with Gasteiger partial charge in [0, 0.05) is 23.0 Å². The van der Waals surface area contributed by atoms with Gasteiger partial charge in [0.05, 0.1) is 5.56 Å². The van der Waals surface area contributed by atoms with E-state index in [9.17, 15) is 9.59 Å². The van der Waals surface area contributed by atoms with Crippen LogP contribution in [0.15, 0.2) is 35.1 Å². The van der Waals surface area contributed by atoms with Gasteiger partial charge in [-0.05, 0) is 42.1 Å². The Morgan fingerprint density at radius 3 is 2.67 bits per heavy atom. The molecule has 0 radical (unpaired) electrons. The first kappa shape index (κ1) is 15.4. The Kier molecular flexibility index (Phi) is 3.18. The van der Waals surface area contributed by atoms with E-state index < -0.39 is 0 Å². The fourth-order valence-electron chi connectivity index (χ4n) is 5.05. The molecule has 1 aromatic heterocycles. The molecular weight excluding hydrogens is 300 g/mol. The molecule has 24 heavy (non-hydrogen) atoms. The topological polar surface area (TPSA) is 62.0 Å². The molecule has 2 aliphatic carbocycles. The van der Waals surface area contributed by atoms with Gasteiger partial charge in [-0.2, -0.15) is 0 Å². The molecule has 4 nitrogen and oxygen atoms in total. The molecule has 2 aliphatic rings. The summed E-state index contributed by atoms with van der Waals surface area (Å²) in [5.74, 6) is 0.538. The molecule has 1 heterocycles. The molecule has 2 bridgehead atoms. The maximum Gasteiger partial charge on any atom is 0.252 e. The van der Waals surface area contributed by atoms with E-state index in [0.29, 0.717) is 17.0 Å². The first-order chi connectivity index (χ1) is 11.3. The average molecular weight is 324 g/mol. The van der Waals surface area contributed by atoms with Crippen molar-refractivity contribution >= 4 is 16.8 Å². The average Bonchev–Trinajstić information content (AvgIpc) is 2.87. The second-order valence-electron chi connectivity index (χ2n) is 8.23. The molecular formula is C20H24N2O2. The fraction of sp³-hybridized carbons (Fsp3) is 0.500. The lowest BCUT2D eigenvalue weighted by atomic mass is 9.69. The summed E-state index contributed by atoms with van der Waals surface area (Å²) in [5.41, 5.74) is 1.32. The fourth-order valence-corrected chi connectivity index (χ4v) is 5.05. The van der Waals surface area contributed by atoms with Crippen LogP contribution in [-0.4, -0.2) is 16.9 Å². The van der Waals surface area contributed by atoms with Gasteiger partial charge in [0.1, 0.15) is 0 Å². The monoisotopic (exact) mass is 324 g/mol. The van der Waals surface area contributed by atoms with Gasteiger partial charge < -0.3 is 10.3 Å². The molecule has 1 amide bonds. The van der Waals surface area contributed by atoms with Crippen molar-refractivity contribution in [3.63, 3.8) is 0 Å².